The fourth-order valence-corrected chi connectivity index (χ4v) is 3.34. The largest absolute Gasteiger partial charge is 0.355 e. The molecule has 1 atom stereocenters. The van der Waals surface area contributed by atoms with Crippen molar-refractivity contribution < 1.29 is 0 Å². The molecule has 21 heavy (non-hydrogen) atoms. The first kappa shape index (κ1) is 14.3. The molecule has 1 aliphatic heterocycles. The van der Waals surface area contributed by atoms with Gasteiger partial charge in [0.15, 0.2) is 0 Å². The summed E-state index contributed by atoms with van der Waals surface area (Å²) in [5.74, 6) is 0.845. The topological polar surface area (TPSA) is 64.8 Å². The Kier molecular flexibility index (Phi) is 4.39. The number of unbranched alkanes of at least 4 members (excludes halogenated alkanes) is 2. The zero-order valence-corrected chi connectivity index (χ0v) is 12.7. The van der Waals surface area contributed by atoms with Gasteiger partial charge in [-0.15, -0.1) is 0 Å². The smallest absolute Gasteiger partial charge is 0.275 e. The van der Waals surface area contributed by atoms with Crippen LogP contribution < -0.4 is 5.56 Å². The highest BCUT2D eigenvalue weighted by Gasteiger charge is 2.23. The van der Waals surface area contributed by atoms with E-state index in [-0.39, 0.29) is 5.56 Å². The van der Waals surface area contributed by atoms with E-state index in [0.717, 1.165) is 30.1 Å². The molecular formula is C16H24N4O. The number of aromatic nitrogens is 3. The highest BCUT2D eigenvalue weighted by Crippen LogP contribution is 2.24. The zero-order chi connectivity index (χ0) is 14.7. The minimum atomic E-state index is -0.0925. The van der Waals surface area contributed by atoms with Crippen LogP contribution in [0, 0.1) is 5.92 Å². The maximum absolute atomic E-state index is 11.7. The highest BCUT2D eigenvalue weighted by molar-refractivity contribution is 5.77. The lowest BCUT2D eigenvalue weighted by Gasteiger charge is -2.15. The number of hydrogen-bond acceptors (Lipinski definition) is 3. The van der Waals surface area contributed by atoms with Gasteiger partial charge in [0.05, 0.1) is 11.8 Å². The van der Waals surface area contributed by atoms with Crippen LogP contribution in [-0.2, 0) is 6.54 Å². The van der Waals surface area contributed by atoms with Crippen LogP contribution >= 0.6 is 0 Å². The lowest BCUT2D eigenvalue weighted by Crippen LogP contribution is -2.20. The number of hydrogen-bond donors (Lipinski definition) is 2. The summed E-state index contributed by atoms with van der Waals surface area (Å²) in [7, 11) is 0. The Morgan fingerprint density at radius 1 is 1.38 bits per heavy atom. The van der Waals surface area contributed by atoms with E-state index in [4.69, 9.17) is 0 Å². The van der Waals surface area contributed by atoms with Crippen molar-refractivity contribution in [2.45, 2.75) is 45.6 Å². The molecule has 2 N–H and O–H groups in total. The Balaban J connectivity index is 1.62. The van der Waals surface area contributed by atoms with Gasteiger partial charge in [0, 0.05) is 24.8 Å². The van der Waals surface area contributed by atoms with E-state index in [2.05, 4.69) is 26.8 Å². The van der Waals surface area contributed by atoms with Gasteiger partial charge in [0.2, 0.25) is 0 Å². The molecule has 1 aliphatic rings. The van der Waals surface area contributed by atoms with Crippen molar-refractivity contribution in [2.75, 3.05) is 13.1 Å². The van der Waals surface area contributed by atoms with E-state index < -0.39 is 0 Å². The molecule has 2 aromatic heterocycles. The van der Waals surface area contributed by atoms with Crippen LogP contribution in [0.15, 0.2) is 17.3 Å². The van der Waals surface area contributed by atoms with Crippen molar-refractivity contribution in [3.63, 3.8) is 0 Å². The van der Waals surface area contributed by atoms with E-state index in [0.29, 0.717) is 5.52 Å². The monoisotopic (exact) mass is 288 g/mol. The standard InChI is InChI=1S/C16H24N4O/c1-2-3-4-5-12-6-7-20(9-12)10-13-8-17-15-14(13)18-11-19-16(15)21/h8,11-12,17H,2-7,9-10H2,1H3,(H,18,19,21)/t12-/m1/s1. The number of H-pyrrole nitrogens is 2. The molecule has 1 saturated heterocycles. The average molecular weight is 288 g/mol. The Morgan fingerprint density at radius 3 is 3.14 bits per heavy atom. The van der Waals surface area contributed by atoms with E-state index >= 15 is 0 Å². The average Bonchev–Trinajstić information content (AvgIpc) is 3.09. The third-order valence-corrected chi connectivity index (χ3v) is 4.53. The van der Waals surface area contributed by atoms with Gasteiger partial charge in [-0.2, -0.15) is 0 Å². The lowest BCUT2D eigenvalue weighted by atomic mass is 10.0. The van der Waals surface area contributed by atoms with Gasteiger partial charge in [-0.3, -0.25) is 9.69 Å². The quantitative estimate of drug-likeness (QED) is 0.803. The molecule has 0 aromatic carbocycles. The summed E-state index contributed by atoms with van der Waals surface area (Å²) in [5, 5.41) is 0. The summed E-state index contributed by atoms with van der Waals surface area (Å²) < 4.78 is 0. The van der Waals surface area contributed by atoms with E-state index in [9.17, 15) is 4.79 Å². The van der Waals surface area contributed by atoms with Crippen molar-refractivity contribution in [1.29, 1.82) is 0 Å². The SMILES string of the molecule is CCCCC[C@@H]1CCN(Cc2c[nH]c3c(=O)[nH]cnc23)C1. The Labute approximate surface area is 124 Å². The first-order valence-electron chi connectivity index (χ1n) is 8.04. The van der Waals surface area contributed by atoms with Crippen LogP contribution in [0.3, 0.4) is 0 Å². The molecule has 0 amide bonds. The number of nitrogens with one attached hydrogen (secondary N) is 2. The Morgan fingerprint density at radius 2 is 2.29 bits per heavy atom. The van der Waals surface area contributed by atoms with Crippen LogP contribution in [0.1, 0.15) is 44.6 Å². The summed E-state index contributed by atoms with van der Waals surface area (Å²) in [5.41, 5.74) is 2.44. The van der Waals surface area contributed by atoms with E-state index in [1.165, 1.54) is 45.0 Å². The molecule has 0 spiro atoms. The predicted molar refractivity (Wildman–Crippen MR) is 84.2 cm³/mol. The van der Waals surface area contributed by atoms with E-state index in [1.54, 1.807) is 0 Å². The van der Waals surface area contributed by atoms with Crippen LogP contribution in [-0.4, -0.2) is 32.9 Å². The number of likely N-dealkylation sites (tertiary alicyclic amines) is 1. The molecule has 3 heterocycles. The molecular weight excluding hydrogens is 264 g/mol. The van der Waals surface area contributed by atoms with Gasteiger partial charge >= 0.3 is 0 Å². The van der Waals surface area contributed by atoms with E-state index in [1.807, 2.05) is 6.20 Å². The molecule has 1 fully saturated rings. The lowest BCUT2D eigenvalue weighted by molar-refractivity contribution is 0.312. The van der Waals surface area contributed by atoms with Crippen molar-refractivity contribution in [2.24, 2.45) is 5.92 Å². The first-order chi connectivity index (χ1) is 10.3. The molecule has 0 saturated carbocycles. The van der Waals surface area contributed by atoms with Crippen molar-refractivity contribution in [3.8, 4) is 0 Å². The second-order valence-electron chi connectivity index (χ2n) is 6.15. The summed E-state index contributed by atoms with van der Waals surface area (Å²) in [6, 6.07) is 0. The predicted octanol–water partition coefficient (Wildman–Crippen LogP) is 2.65. The Bertz CT molecular complexity index is 645. The summed E-state index contributed by atoms with van der Waals surface area (Å²) in [6.07, 6.45) is 10.1. The van der Waals surface area contributed by atoms with Gasteiger partial charge in [-0.1, -0.05) is 26.2 Å². The summed E-state index contributed by atoms with van der Waals surface area (Å²) in [6.45, 7) is 5.49. The Hall–Kier alpha value is -1.62. The summed E-state index contributed by atoms with van der Waals surface area (Å²) >= 11 is 0. The first-order valence-corrected chi connectivity index (χ1v) is 8.04. The zero-order valence-electron chi connectivity index (χ0n) is 12.7. The van der Waals surface area contributed by atoms with Crippen molar-refractivity contribution >= 4 is 11.0 Å². The van der Waals surface area contributed by atoms with Crippen molar-refractivity contribution in [3.05, 3.63) is 28.4 Å². The number of aromatic amines is 2. The fourth-order valence-electron chi connectivity index (χ4n) is 3.34. The second kappa shape index (κ2) is 6.43. The second-order valence-corrected chi connectivity index (χ2v) is 6.15. The van der Waals surface area contributed by atoms with Gasteiger partial charge in [0.25, 0.3) is 5.56 Å². The normalized spacial score (nSPS) is 19.6. The van der Waals surface area contributed by atoms with Gasteiger partial charge < -0.3 is 9.97 Å². The van der Waals surface area contributed by atoms with Crippen LogP contribution in [0.25, 0.3) is 11.0 Å². The maximum Gasteiger partial charge on any atom is 0.275 e. The molecule has 3 rings (SSSR count). The van der Waals surface area contributed by atoms with Crippen LogP contribution in [0.5, 0.6) is 0 Å². The molecule has 5 nitrogen and oxygen atoms in total. The molecule has 114 valence electrons. The molecule has 2 aromatic rings. The number of fused-ring (bicyclic) bond motifs is 1. The number of rotatable bonds is 6. The van der Waals surface area contributed by atoms with Crippen molar-refractivity contribution in [1.82, 2.24) is 19.9 Å². The van der Waals surface area contributed by atoms with Gasteiger partial charge in [-0.05, 0) is 25.3 Å². The minimum absolute atomic E-state index is 0.0925. The fraction of sp³-hybridized carbons (Fsp3) is 0.625. The van der Waals surface area contributed by atoms with Crippen LogP contribution in [0.2, 0.25) is 0 Å². The minimum Gasteiger partial charge on any atom is -0.355 e. The summed E-state index contributed by atoms with van der Waals surface area (Å²) in [4.78, 5) is 24.1. The third-order valence-electron chi connectivity index (χ3n) is 4.53. The van der Waals surface area contributed by atoms with Crippen LogP contribution in [0.4, 0.5) is 0 Å². The maximum atomic E-state index is 11.7. The molecule has 5 heteroatoms. The third kappa shape index (κ3) is 3.18. The molecule has 0 radical (unpaired) electrons. The molecule has 0 bridgehead atoms. The highest BCUT2D eigenvalue weighted by atomic mass is 16.1. The van der Waals surface area contributed by atoms with Gasteiger partial charge in [0.1, 0.15) is 5.52 Å². The molecule has 0 unspecified atom stereocenters. The van der Waals surface area contributed by atoms with Gasteiger partial charge in [-0.25, -0.2) is 4.98 Å². The molecule has 0 aliphatic carbocycles. The number of nitrogens with zero attached hydrogens (tertiary/aromatic N) is 2.